The molecule has 0 atom stereocenters. The van der Waals surface area contributed by atoms with Gasteiger partial charge >= 0.3 is 0 Å². The number of allylic oxidation sites excluding steroid dienone is 1. The topological polar surface area (TPSA) is 43.9 Å². The van der Waals surface area contributed by atoms with Gasteiger partial charge in [-0.1, -0.05) is 34.6 Å². The van der Waals surface area contributed by atoms with E-state index >= 15 is 0 Å². The molecule has 0 bridgehead atoms. The molecule has 0 radical (unpaired) electrons. The van der Waals surface area contributed by atoms with E-state index in [9.17, 15) is 9.59 Å². The summed E-state index contributed by atoms with van der Waals surface area (Å²) in [5, 5.41) is 0. The average Bonchev–Trinajstić information content (AvgIpc) is 2.85. The van der Waals surface area contributed by atoms with Crippen molar-refractivity contribution in [3.05, 3.63) is 12.7 Å². The van der Waals surface area contributed by atoms with E-state index < -0.39 is 0 Å². The fraction of sp³-hybridized carbons (Fsp3) is 0.852. The van der Waals surface area contributed by atoms with E-state index in [-0.39, 0.29) is 5.78 Å². The molecule has 2 heterocycles. The lowest BCUT2D eigenvalue weighted by molar-refractivity contribution is -0.119. The fourth-order valence-corrected chi connectivity index (χ4v) is 6.37. The van der Waals surface area contributed by atoms with Gasteiger partial charge in [0.15, 0.2) is 5.78 Å². The van der Waals surface area contributed by atoms with E-state index in [1.165, 1.54) is 38.4 Å². The van der Waals surface area contributed by atoms with Crippen molar-refractivity contribution in [1.29, 1.82) is 0 Å². The van der Waals surface area contributed by atoms with E-state index in [1.54, 1.807) is 10.8 Å². The van der Waals surface area contributed by atoms with Crippen molar-refractivity contribution >= 4 is 33.2 Å². The first-order valence-electron chi connectivity index (χ1n) is 13.4. The zero-order valence-corrected chi connectivity index (χ0v) is 24.1. The number of nitrogens with zero attached hydrogens (tertiary/aromatic N) is 3. The number of hydrogen-bond acceptors (Lipinski definition) is 7. The van der Waals surface area contributed by atoms with E-state index in [4.69, 9.17) is 0 Å². The first-order valence-corrected chi connectivity index (χ1v) is 15.9. The molecule has 2 saturated heterocycles. The number of ketones is 2. The standard InChI is InChI=1S/C19H34N2O2S2.C8H17N/c1-4-18(22)7-5-15-24-25-16-6-8-19(23)9-10-20-11-13-21(14-12-20)17(2)3;1-8(2)9-6-4-3-5-7-9/h4,17H,1,5-16H2,2-3H3;8H,3-7H2,1-2H3. The lowest BCUT2D eigenvalue weighted by Gasteiger charge is -2.36. The normalized spacial score (nSPS) is 18.1. The Balaban J connectivity index is 0.000000533. The molecule has 0 aromatic heterocycles. The Kier molecular flexibility index (Phi) is 18.5. The van der Waals surface area contributed by atoms with Gasteiger partial charge in [-0.15, -0.1) is 0 Å². The Hall–Kier alpha value is -0.340. The number of rotatable bonds is 15. The van der Waals surface area contributed by atoms with Gasteiger partial charge < -0.3 is 9.80 Å². The third-order valence-corrected chi connectivity index (χ3v) is 9.19. The minimum absolute atomic E-state index is 0.127. The second-order valence-electron chi connectivity index (χ2n) is 9.97. The molecule has 7 heteroatoms. The molecule has 0 N–H and O–H groups in total. The molecule has 5 nitrogen and oxygen atoms in total. The molecule has 2 aliphatic rings. The summed E-state index contributed by atoms with van der Waals surface area (Å²) in [5.41, 5.74) is 0. The second-order valence-corrected chi connectivity index (χ2v) is 12.7. The van der Waals surface area contributed by atoms with Crippen LogP contribution in [0.15, 0.2) is 12.7 Å². The monoisotopic (exact) mass is 513 g/mol. The van der Waals surface area contributed by atoms with Crippen molar-refractivity contribution in [2.45, 2.75) is 91.1 Å². The summed E-state index contributed by atoms with van der Waals surface area (Å²) in [6.45, 7) is 20.5. The Morgan fingerprint density at radius 1 is 0.765 bits per heavy atom. The molecule has 2 rings (SSSR count). The van der Waals surface area contributed by atoms with Gasteiger partial charge in [-0.3, -0.25) is 14.5 Å². The molecular weight excluding hydrogens is 462 g/mol. The minimum atomic E-state index is 0.127. The first-order chi connectivity index (χ1) is 16.3. The number of likely N-dealkylation sites (tertiary alicyclic amines) is 1. The fourth-order valence-electron chi connectivity index (χ4n) is 4.20. The van der Waals surface area contributed by atoms with Crippen LogP contribution in [0.3, 0.4) is 0 Å². The third-order valence-electron chi connectivity index (χ3n) is 6.61. The van der Waals surface area contributed by atoms with Crippen molar-refractivity contribution < 1.29 is 9.59 Å². The summed E-state index contributed by atoms with van der Waals surface area (Å²) in [6, 6.07) is 1.40. The molecule has 0 amide bonds. The zero-order valence-electron chi connectivity index (χ0n) is 22.4. The summed E-state index contributed by atoms with van der Waals surface area (Å²) in [4.78, 5) is 30.5. The Morgan fingerprint density at radius 2 is 1.29 bits per heavy atom. The molecule has 0 unspecified atom stereocenters. The molecule has 0 aliphatic carbocycles. The maximum absolute atomic E-state index is 12.0. The lowest BCUT2D eigenvalue weighted by Crippen LogP contribution is -2.49. The number of hydrogen-bond donors (Lipinski definition) is 0. The Labute approximate surface area is 218 Å². The van der Waals surface area contributed by atoms with Gasteiger partial charge in [0.2, 0.25) is 0 Å². The highest BCUT2D eigenvalue weighted by Gasteiger charge is 2.19. The highest BCUT2D eigenvalue weighted by atomic mass is 33.1. The molecule has 0 spiro atoms. The van der Waals surface area contributed by atoms with Crippen molar-refractivity contribution in [3.63, 3.8) is 0 Å². The van der Waals surface area contributed by atoms with Crippen LogP contribution >= 0.6 is 21.6 Å². The number of piperazine rings is 1. The van der Waals surface area contributed by atoms with Crippen LogP contribution in [-0.2, 0) is 9.59 Å². The van der Waals surface area contributed by atoms with Gasteiger partial charge in [0.05, 0.1) is 0 Å². The van der Waals surface area contributed by atoms with Gasteiger partial charge in [0.25, 0.3) is 0 Å². The zero-order chi connectivity index (χ0) is 25.2. The predicted molar refractivity (Wildman–Crippen MR) is 152 cm³/mol. The highest BCUT2D eigenvalue weighted by molar-refractivity contribution is 8.76. The highest BCUT2D eigenvalue weighted by Crippen LogP contribution is 2.24. The van der Waals surface area contributed by atoms with Crippen LogP contribution in [0, 0.1) is 0 Å². The van der Waals surface area contributed by atoms with Crippen LogP contribution in [0.25, 0.3) is 0 Å². The van der Waals surface area contributed by atoms with E-state index in [0.717, 1.165) is 63.1 Å². The molecule has 198 valence electrons. The Bertz CT molecular complexity index is 558. The summed E-state index contributed by atoms with van der Waals surface area (Å²) in [7, 11) is 3.62. The largest absolute Gasteiger partial charge is 0.301 e. The van der Waals surface area contributed by atoms with Crippen molar-refractivity contribution in [3.8, 4) is 0 Å². The molecule has 34 heavy (non-hydrogen) atoms. The van der Waals surface area contributed by atoms with Gasteiger partial charge in [-0.25, -0.2) is 0 Å². The van der Waals surface area contributed by atoms with Crippen LogP contribution in [0.5, 0.6) is 0 Å². The molecule has 0 aromatic carbocycles. The van der Waals surface area contributed by atoms with Gasteiger partial charge in [0, 0.05) is 75.6 Å². The third kappa shape index (κ3) is 15.6. The van der Waals surface area contributed by atoms with Crippen molar-refractivity contribution in [2.24, 2.45) is 0 Å². The van der Waals surface area contributed by atoms with Crippen molar-refractivity contribution in [2.75, 3.05) is 57.3 Å². The smallest absolute Gasteiger partial charge is 0.155 e. The first kappa shape index (κ1) is 31.7. The maximum Gasteiger partial charge on any atom is 0.155 e. The summed E-state index contributed by atoms with van der Waals surface area (Å²) >= 11 is 0. The van der Waals surface area contributed by atoms with Gasteiger partial charge in [-0.2, -0.15) is 0 Å². The molecule has 2 fully saturated rings. The minimum Gasteiger partial charge on any atom is -0.301 e. The number of carbonyl (C=O) groups is 2. The lowest BCUT2D eigenvalue weighted by atomic mass is 10.1. The van der Waals surface area contributed by atoms with Crippen molar-refractivity contribution in [1.82, 2.24) is 14.7 Å². The van der Waals surface area contributed by atoms with E-state index in [2.05, 4.69) is 49.0 Å². The maximum atomic E-state index is 12.0. The van der Waals surface area contributed by atoms with Crippen LogP contribution in [0.1, 0.15) is 79.1 Å². The van der Waals surface area contributed by atoms with Crippen LogP contribution in [-0.4, -0.2) is 95.7 Å². The molecule has 0 aromatic rings. The van der Waals surface area contributed by atoms with Crippen LogP contribution < -0.4 is 0 Å². The van der Waals surface area contributed by atoms with Gasteiger partial charge in [0.1, 0.15) is 5.78 Å². The molecular formula is C27H51N3O2S2. The summed E-state index contributed by atoms with van der Waals surface area (Å²) < 4.78 is 0. The summed E-state index contributed by atoms with van der Waals surface area (Å²) in [6.07, 6.45) is 9.54. The number of piperidine rings is 1. The second kappa shape index (κ2) is 19.8. The summed E-state index contributed by atoms with van der Waals surface area (Å²) in [5.74, 6) is 2.52. The van der Waals surface area contributed by atoms with E-state index in [0.29, 0.717) is 31.1 Å². The number of carbonyl (C=O) groups excluding carboxylic acids is 2. The quantitative estimate of drug-likeness (QED) is 0.162. The van der Waals surface area contributed by atoms with Gasteiger partial charge in [-0.05, 0) is 72.5 Å². The van der Waals surface area contributed by atoms with Crippen LogP contribution in [0.4, 0.5) is 0 Å². The predicted octanol–water partition coefficient (Wildman–Crippen LogP) is 5.55. The number of Topliss-reactive ketones (excluding diaryl/α,β-unsaturated/α-hetero) is 1. The van der Waals surface area contributed by atoms with E-state index in [1.807, 2.05) is 10.8 Å². The average molecular weight is 514 g/mol. The molecule has 2 aliphatic heterocycles. The Morgan fingerprint density at radius 3 is 1.79 bits per heavy atom. The SMILES string of the molecule is C=CC(=O)CCCSSCCCC(=O)CCN1CCN(C(C)C)CC1.CC(C)N1CCCCC1. The van der Waals surface area contributed by atoms with Crippen LogP contribution in [0.2, 0.25) is 0 Å². The molecule has 0 saturated carbocycles.